The number of H-pyrrole nitrogens is 1. The van der Waals surface area contributed by atoms with Crippen LogP contribution in [0, 0.1) is 18.8 Å². The number of aliphatic hydroxyl groups is 1. The first-order valence-corrected chi connectivity index (χ1v) is 9.11. The number of aromatic nitrogens is 3. The number of hydrogen-bond acceptors (Lipinski definition) is 4. The Morgan fingerprint density at radius 2 is 1.96 bits per heavy atom. The van der Waals surface area contributed by atoms with Crippen LogP contribution in [0.2, 0.25) is 0 Å². The van der Waals surface area contributed by atoms with E-state index in [0.29, 0.717) is 5.01 Å². The second-order valence-electron chi connectivity index (χ2n) is 6.28. The molecule has 4 nitrogen and oxygen atoms in total. The third kappa shape index (κ3) is 3.01. The zero-order valence-electron chi connectivity index (χ0n) is 14.4. The van der Waals surface area contributed by atoms with Crippen molar-refractivity contribution in [3.05, 3.63) is 70.6 Å². The number of aryl methyl sites for hydroxylation is 1. The van der Waals surface area contributed by atoms with Crippen molar-refractivity contribution in [2.24, 2.45) is 0 Å². The largest absolute Gasteiger partial charge is 0.371 e. The summed E-state index contributed by atoms with van der Waals surface area (Å²) in [5, 5.41) is 14.1. The van der Waals surface area contributed by atoms with Crippen molar-refractivity contribution < 1.29 is 5.11 Å². The van der Waals surface area contributed by atoms with E-state index in [1.54, 1.807) is 25.5 Å². The van der Waals surface area contributed by atoms with Crippen molar-refractivity contribution in [1.82, 2.24) is 15.0 Å². The van der Waals surface area contributed by atoms with Gasteiger partial charge in [0.2, 0.25) is 0 Å². The molecule has 0 saturated heterocycles. The molecule has 0 radical (unpaired) electrons. The van der Waals surface area contributed by atoms with Crippen LogP contribution < -0.4 is 0 Å². The molecule has 0 aliphatic carbocycles. The summed E-state index contributed by atoms with van der Waals surface area (Å²) in [5.74, 6) is 6.04. The highest BCUT2D eigenvalue weighted by molar-refractivity contribution is 7.09. The van der Waals surface area contributed by atoms with Gasteiger partial charge in [-0.15, -0.1) is 11.3 Å². The van der Waals surface area contributed by atoms with Crippen molar-refractivity contribution in [2.75, 3.05) is 0 Å². The highest BCUT2D eigenvalue weighted by Crippen LogP contribution is 2.32. The Morgan fingerprint density at radius 3 is 2.69 bits per heavy atom. The molecule has 1 atom stereocenters. The van der Waals surface area contributed by atoms with Crippen LogP contribution in [-0.4, -0.2) is 20.1 Å². The highest BCUT2D eigenvalue weighted by Gasteiger charge is 2.22. The molecule has 0 aliphatic heterocycles. The van der Waals surface area contributed by atoms with Crippen molar-refractivity contribution in [1.29, 1.82) is 0 Å². The molecule has 5 heteroatoms. The summed E-state index contributed by atoms with van der Waals surface area (Å²) >= 11 is 1.40. The SMILES string of the molecule is Cc1[nH]c2ccc(C#CC(C)(O)c3nccs3)cc2c1-c1ccncc1. The molecule has 4 aromatic rings. The maximum Gasteiger partial charge on any atom is 0.174 e. The lowest BCUT2D eigenvalue weighted by Crippen LogP contribution is -2.17. The molecule has 0 saturated carbocycles. The van der Waals surface area contributed by atoms with Gasteiger partial charge in [0.25, 0.3) is 0 Å². The molecule has 3 heterocycles. The standard InChI is InChI=1S/C21H17N3OS/c1-14-19(16-6-9-22-10-7-16)17-13-15(3-4-18(17)24-14)5-8-21(2,25)20-23-11-12-26-20/h3-4,6-7,9-13,24-25H,1-2H3. The average molecular weight is 359 g/mol. The smallest absolute Gasteiger partial charge is 0.174 e. The minimum Gasteiger partial charge on any atom is -0.371 e. The fourth-order valence-corrected chi connectivity index (χ4v) is 3.66. The Kier molecular flexibility index (Phi) is 4.08. The van der Waals surface area contributed by atoms with Crippen LogP contribution in [-0.2, 0) is 5.60 Å². The molecule has 0 amide bonds. The molecule has 1 unspecified atom stereocenters. The van der Waals surface area contributed by atoms with E-state index in [-0.39, 0.29) is 0 Å². The molecule has 128 valence electrons. The maximum atomic E-state index is 10.5. The zero-order valence-corrected chi connectivity index (χ0v) is 15.3. The van der Waals surface area contributed by atoms with Gasteiger partial charge in [0.1, 0.15) is 5.01 Å². The zero-order chi connectivity index (χ0) is 18.1. The topological polar surface area (TPSA) is 61.8 Å². The second-order valence-corrected chi connectivity index (χ2v) is 7.18. The van der Waals surface area contributed by atoms with Gasteiger partial charge in [-0.1, -0.05) is 11.8 Å². The van der Waals surface area contributed by atoms with Crippen LogP contribution in [0.15, 0.2) is 54.3 Å². The van der Waals surface area contributed by atoms with Crippen LogP contribution in [0.3, 0.4) is 0 Å². The lowest BCUT2D eigenvalue weighted by Gasteiger charge is -2.11. The van der Waals surface area contributed by atoms with Gasteiger partial charge in [-0.25, -0.2) is 4.98 Å². The van der Waals surface area contributed by atoms with Gasteiger partial charge >= 0.3 is 0 Å². The number of nitrogens with zero attached hydrogens (tertiary/aromatic N) is 2. The third-order valence-corrected chi connectivity index (χ3v) is 5.24. The van der Waals surface area contributed by atoms with E-state index in [0.717, 1.165) is 33.3 Å². The second kappa shape index (κ2) is 6.41. The number of hydrogen-bond donors (Lipinski definition) is 2. The van der Waals surface area contributed by atoms with E-state index in [1.165, 1.54) is 11.3 Å². The third-order valence-electron chi connectivity index (χ3n) is 4.25. The van der Waals surface area contributed by atoms with E-state index in [9.17, 15) is 5.11 Å². The van der Waals surface area contributed by atoms with Crippen molar-refractivity contribution >= 4 is 22.2 Å². The van der Waals surface area contributed by atoms with Crippen molar-refractivity contribution in [3.8, 4) is 23.0 Å². The fraction of sp³-hybridized carbons (Fsp3) is 0.143. The summed E-state index contributed by atoms with van der Waals surface area (Å²) in [4.78, 5) is 11.7. The lowest BCUT2D eigenvalue weighted by atomic mass is 10.0. The number of pyridine rings is 1. The van der Waals surface area contributed by atoms with Gasteiger partial charge in [0.05, 0.1) is 0 Å². The number of fused-ring (bicyclic) bond motifs is 1. The van der Waals surface area contributed by atoms with E-state index in [4.69, 9.17) is 0 Å². The molecular weight excluding hydrogens is 342 g/mol. The van der Waals surface area contributed by atoms with Crippen LogP contribution >= 0.6 is 11.3 Å². The quantitative estimate of drug-likeness (QED) is 0.526. The average Bonchev–Trinajstić information content (AvgIpc) is 3.28. The van der Waals surface area contributed by atoms with Crippen LogP contribution in [0.25, 0.3) is 22.0 Å². The molecule has 1 aromatic carbocycles. The molecule has 4 rings (SSSR count). The summed E-state index contributed by atoms with van der Waals surface area (Å²) in [6, 6.07) is 10.0. The summed E-state index contributed by atoms with van der Waals surface area (Å²) in [6.45, 7) is 3.73. The van der Waals surface area contributed by atoms with Gasteiger partial charge in [-0.3, -0.25) is 4.98 Å². The first-order valence-electron chi connectivity index (χ1n) is 8.23. The molecule has 0 spiro atoms. The van der Waals surface area contributed by atoms with Gasteiger partial charge in [-0.05, 0) is 49.7 Å². The molecule has 0 bridgehead atoms. The predicted molar refractivity (Wildman–Crippen MR) is 105 cm³/mol. The van der Waals surface area contributed by atoms with Crippen LogP contribution in [0.5, 0.6) is 0 Å². The number of rotatable bonds is 2. The Hall–Kier alpha value is -2.94. The van der Waals surface area contributed by atoms with Crippen molar-refractivity contribution in [3.63, 3.8) is 0 Å². The maximum absolute atomic E-state index is 10.5. The first-order chi connectivity index (χ1) is 12.5. The normalized spacial score (nSPS) is 13.2. The van der Waals surface area contributed by atoms with E-state index < -0.39 is 5.60 Å². The summed E-state index contributed by atoms with van der Waals surface area (Å²) < 4.78 is 0. The Labute approximate surface area is 155 Å². The van der Waals surface area contributed by atoms with Crippen LogP contribution in [0.4, 0.5) is 0 Å². The number of aromatic amines is 1. The minimum atomic E-state index is -1.26. The van der Waals surface area contributed by atoms with Gasteiger partial charge < -0.3 is 10.1 Å². The minimum absolute atomic E-state index is 0.598. The van der Waals surface area contributed by atoms with Gasteiger partial charge in [0.15, 0.2) is 5.60 Å². The lowest BCUT2D eigenvalue weighted by molar-refractivity contribution is 0.122. The van der Waals surface area contributed by atoms with E-state index >= 15 is 0 Å². The van der Waals surface area contributed by atoms with Gasteiger partial charge in [0, 0.05) is 51.7 Å². The van der Waals surface area contributed by atoms with Gasteiger partial charge in [-0.2, -0.15) is 0 Å². The number of nitrogens with one attached hydrogen (secondary N) is 1. The predicted octanol–water partition coefficient (Wildman–Crippen LogP) is 4.25. The summed E-state index contributed by atoms with van der Waals surface area (Å²) in [6.07, 6.45) is 5.26. The highest BCUT2D eigenvalue weighted by atomic mass is 32.1. The number of benzene rings is 1. The fourth-order valence-electron chi connectivity index (χ4n) is 3.01. The Morgan fingerprint density at radius 1 is 1.15 bits per heavy atom. The van der Waals surface area contributed by atoms with E-state index in [2.05, 4.69) is 39.8 Å². The van der Waals surface area contributed by atoms with E-state index in [1.807, 2.05) is 29.6 Å². The first kappa shape index (κ1) is 16.5. The summed E-state index contributed by atoms with van der Waals surface area (Å²) in [5.41, 5.74) is 4.02. The monoisotopic (exact) mass is 359 g/mol. The number of thiazole rings is 1. The summed E-state index contributed by atoms with van der Waals surface area (Å²) in [7, 11) is 0. The van der Waals surface area contributed by atoms with Crippen LogP contribution in [0.1, 0.15) is 23.2 Å². The van der Waals surface area contributed by atoms with Crippen molar-refractivity contribution in [2.45, 2.75) is 19.4 Å². The molecule has 0 aliphatic rings. The molecular formula is C21H17N3OS. The Bertz CT molecular complexity index is 1120. The molecule has 26 heavy (non-hydrogen) atoms. The molecule has 3 aromatic heterocycles. The molecule has 2 N–H and O–H groups in total. The molecule has 0 fully saturated rings. The Balaban J connectivity index is 1.79.